The summed E-state index contributed by atoms with van der Waals surface area (Å²) in [6.07, 6.45) is 0. The Kier molecular flexibility index (Phi) is 4.13. The first-order valence-electron chi connectivity index (χ1n) is 8.59. The fourth-order valence-corrected chi connectivity index (χ4v) is 3.18. The number of halogens is 1. The van der Waals surface area contributed by atoms with E-state index < -0.39 is 0 Å². The highest BCUT2D eigenvalue weighted by Crippen LogP contribution is 2.28. The maximum atomic E-state index is 13.5. The lowest BCUT2D eigenvalue weighted by Gasteiger charge is -2.09. The van der Waals surface area contributed by atoms with Crippen LogP contribution in [0.4, 0.5) is 10.1 Å². The van der Waals surface area contributed by atoms with Gasteiger partial charge in [0.25, 0.3) is 0 Å². The molecule has 1 N–H and O–H groups in total. The normalized spacial score (nSPS) is 10.9. The Morgan fingerprint density at radius 3 is 2.04 bits per heavy atom. The summed E-state index contributed by atoms with van der Waals surface area (Å²) in [5.41, 5.74) is 7.22. The molecule has 0 unspecified atom stereocenters. The first-order valence-corrected chi connectivity index (χ1v) is 8.59. The minimum absolute atomic E-state index is 0.233. The van der Waals surface area contributed by atoms with Gasteiger partial charge < -0.3 is 5.32 Å². The topological polar surface area (TPSA) is 24.9 Å². The molecule has 1 heterocycles. The van der Waals surface area contributed by atoms with Gasteiger partial charge in [0.2, 0.25) is 0 Å². The zero-order valence-corrected chi connectivity index (χ0v) is 14.8. The van der Waals surface area contributed by atoms with Crippen molar-refractivity contribution in [3.63, 3.8) is 0 Å². The molecule has 3 heteroatoms. The molecule has 0 fully saturated rings. The minimum Gasteiger partial charge on any atom is -0.388 e. The van der Waals surface area contributed by atoms with Crippen LogP contribution in [-0.4, -0.2) is 12.0 Å². The number of rotatable bonds is 3. The molecule has 26 heavy (non-hydrogen) atoms. The monoisotopic (exact) mass is 342 g/mol. The highest BCUT2D eigenvalue weighted by molar-refractivity contribution is 5.85. The van der Waals surface area contributed by atoms with Gasteiger partial charge in [-0.2, -0.15) is 0 Å². The van der Waals surface area contributed by atoms with Gasteiger partial charge in [-0.1, -0.05) is 36.4 Å². The third-order valence-corrected chi connectivity index (χ3v) is 4.67. The predicted molar refractivity (Wildman–Crippen MR) is 107 cm³/mol. The number of aromatic nitrogens is 1. The Balaban J connectivity index is 1.70. The average Bonchev–Trinajstić information content (AvgIpc) is 2.68. The van der Waals surface area contributed by atoms with E-state index in [-0.39, 0.29) is 5.82 Å². The summed E-state index contributed by atoms with van der Waals surface area (Å²) in [5, 5.41) is 3.98. The maximum absolute atomic E-state index is 13.5. The first-order chi connectivity index (χ1) is 12.6. The van der Waals surface area contributed by atoms with Crippen LogP contribution in [0.2, 0.25) is 0 Å². The van der Waals surface area contributed by atoms with Gasteiger partial charge in [-0.15, -0.1) is 0 Å². The van der Waals surface area contributed by atoms with E-state index in [0.29, 0.717) is 0 Å². The Hall–Kier alpha value is -3.20. The Bertz CT molecular complexity index is 1070. The van der Waals surface area contributed by atoms with Gasteiger partial charge in [0.15, 0.2) is 0 Å². The van der Waals surface area contributed by atoms with Crippen molar-refractivity contribution in [2.75, 3.05) is 12.4 Å². The van der Waals surface area contributed by atoms with Gasteiger partial charge in [-0.25, -0.2) is 9.37 Å². The van der Waals surface area contributed by atoms with Crippen molar-refractivity contribution >= 4 is 16.6 Å². The summed E-state index contributed by atoms with van der Waals surface area (Å²) >= 11 is 0. The molecule has 1 aromatic heterocycles. The van der Waals surface area contributed by atoms with Gasteiger partial charge in [-0.05, 0) is 60.0 Å². The summed E-state index contributed by atoms with van der Waals surface area (Å²) in [6.45, 7) is 1.99. The maximum Gasteiger partial charge on any atom is 0.123 e. The van der Waals surface area contributed by atoms with E-state index in [4.69, 9.17) is 4.98 Å². The number of aryl methyl sites for hydroxylation is 1. The fraction of sp³-hybridized carbons (Fsp3) is 0.0870. The molecule has 0 amide bonds. The summed E-state index contributed by atoms with van der Waals surface area (Å²) in [6, 6.07) is 23.5. The van der Waals surface area contributed by atoms with Crippen molar-refractivity contribution in [2.24, 2.45) is 0 Å². The second kappa shape index (κ2) is 6.60. The predicted octanol–water partition coefficient (Wildman–Crippen LogP) is 6.06. The molecule has 3 aromatic carbocycles. The number of benzene rings is 3. The summed E-state index contributed by atoms with van der Waals surface area (Å²) in [4.78, 5) is 4.70. The molecule has 0 aliphatic carbocycles. The largest absolute Gasteiger partial charge is 0.388 e. The van der Waals surface area contributed by atoms with Crippen molar-refractivity contribution in [1.29, 1.82) is 0 Å². The number of hydrogen-bond donors (Lipinski definition) is 1. The molecule has 0 aliphatic heterocycles. The van der Waals surface area contributed by atoms with Gasteiger partial charge in [0.05, 0.1) is 11.2 Å². The molecule has 0 spiro atoms. The summed E-state index contributed by atoms with van der Waals surface area (Å²) in [7, 11) is 1.91. The van der Waals surface area contributed by atoms with E-state index in [1.165, 1.54) is 11.6 Å². The summed E-state index contributed by atoms with van der Waals surface area (Å²) in [5.74, 6) is -0.233. The van der Waals surface area contributed by atoms with Gasteiger partial charge >= 0.3 is 0 Å². The highest BCUT2D eigenvalue weighted by Gasteiger charge is 2.07. The van der Waals surface area contributed by atoms with Crippen molar-refractivity contribution in [3.8, 4) is 22.4 Å². The lowest BCUT2D eigenvalue weighted by Crippen LogP contribution is -1.90. The number of fused-ring (bicyclic) bond motifs is 1. The average molecular weight is 342 g/mol. The number of anilines is 1. The summed E-state index contributed by atoms with van der Waals surface area (Å²) < 4.78 is 13.5. The number of nitrogens with one attached hydrogen (secondary N) is 1. The molecule has 128 valence electrons. The standard InChI is InChI=1S/C23H19FN2/c1-15-13-23(26-22-12-9-19(24)14-21(15)22)18-5-3-16(4-6-18)17-7-10-20(25-2)11-8-17/h3-14,25H,1-2H3. The lowest BCUT2D eigenvalue weighted by atomic mass is 10.0. The zero-order chi connectivity index (χ0) is 18.1. The van der Waals surface area contributed by atoms with Crippen molar-refractivity contribution in [3.05, 3.63) is 84.2 Å². The molecule has 4 rings (SSSR count). The van der Waals surface area contributed by atoms with E-state index in [2.05, 4.69) is 53.8 Å². The van der Waals surface area contributed by atoms with Crippen molar-refractivity contribution < 1.29 is 4.39 Å². The SMILES string of the molecule is CNc1ccc(-c2ccc(-c3cc(C)c4cc(F)ccc4n3)cc2)cc1. The van der Waals surface area contributed by atoms with E-state index in [1.54, 1.807) is 12.1 Å². The lowest BCUT2D eigenvalue weighted by molar-refractivity contribution is 0.629. The number of nitrogens with zero attached hydrogens (tertiary/aromatic N) is 1. The van der Waals surface area contributed by atoms with Crippen LogP contribution in [0.3, 0.4) is 0 Å². The third kappa shape index (κ3) is 3.04. The molecular formula is C23H19FN2. The Morgan fingerprint density at radius 1 is 0.769 bits per heavy atom. The number of pyridine rings is 1. The second-order valence-electron chi connectivity index (χ2n) is 6.39. The molecule has 2 nitrogen and oxygen atoms in total. The van der Waals surface area contributed by atoms with E-state index in [1.807, 2.05) is 20.0 Å². The van der Waals surface area contributed by atoms with Crippen molar-refractivity contribution in [1.82, 2.24) is 4.98 Å². The molecule has 0 radical (unpaired) electrons. The van der Waals surface area contributed by atoms with Crippen LogP contribution in [-0.2, 0) is 0 Å². The molecule has 0 saturated carbocycles. The Labute approximate surface area is 152 Å². The molecule has 0 atom stereocenters. The second-order valence-corrected chi connectivity index (χ2v) is 6.39. The highest BCUT2D eigenvalue weighted by atomic mass is 19.1. The van der Waals surface area contributed by atoms with Gasteiger partial charge in [0, 0.05) is 23.7 Å². The van der Waals surface area contributed by atoms with Crippen molar-refractivity contribution in [2.45, 2.75) is 6.92 Å². The van der Waals surface area contributed by atoms with Gasteiger partial charge in [0.1, 0.15) is 5.82 Å². The van der Waals surface area contributed by atoms with E-state index >= 15 is 0 Å². The van der Waals surface area contributed by atoms with E-state index in [9.17, 15) is 4.39 Å². The van der Waals surface area contributed by atoms with Crippen LogP contribution in [0.1, 0.15) is 5.56 Å². The van der Waals surface area contributed by atoms with Crippen LogP contribution in [0.5, 0.6) is 0 Å². The zero-order valence-electron chi connectivity index (χ0n) is 14.8. The van der Waals surface area contributed by atoms with Crippen LogP contribution in [0, 0.1) is 12.7 Å². The minimum atomic E-state index is -0.233. The van der Waals surface area contributed by atoms with Crippen LogP contribution >= 0.6 is 0 Å². The first kappa shape index (κ1) is 16.3. The quantitative estimate of drug-likeness (QED) is 0.489. The van der Waals surface area contributed by atoms with Crippen LogP contribution < -0.4 is 5.32 Å². The molecular weight excluding hydrogens is 323 g/mol. The third-order valence-electron chi connectivity index (χ3n) is 4.67. The molecule has 0 bridgehead atoms. The Morgan fingerprint density at radius 2 is 1.38 bits per heavy atom. The van der Waals surface area contributed by atoms with Crippen LogP contribution in [0.25, 0.3) is 33.3 Å². The molecule has 0 aliphatic rings. The van der Waals surface area contributed by atoms with E-state index in [0.717, 1.165) is 39.0 Å². The number of hydrogen-bond acceptors (Lipinski definition) is 2. The van der Waals surface area contributed by atoms with Crippen LogP contribution in [0.15, 0.2) is 72.8 Å². The molecule has 4 aromatic rings. The smallest absolute Gasteiger partial charge is 0.123 e. The fourth-order valence-electron chi connectivity index (χ4n) is 3.18. The van der Waals surface area contributed by atoms with Gasteiger partial charge in [-0.3, -0.25) is 0 Å². The molecule has 0 saturated heterocycles.